The van der Waals surface area contributed by atoms with E-state index in [4.69, 9.17) is 14.2 Å². The van der Waals surface area contributed by atoms with Crippen LogP contribution in [0.4, 0.5) is 0 Å². The summed E-state index contributed by atoms with van der Waals surface area (Å²) < 4.78 is 20.2. The second-order valence-corrected chi connectivity index (χ2v) is 4.94. The number of aryl methyl sites for hydroxylation is 4. The van der Waals surface area contributed by atoms with Crippen LogP contribution in [-0.4, -0.2) is 33.8 Å². The van der Waals surface area contributed by atoms with Crippen LogP contribution < -0.4 is 0 Å². The van der Waals surface area contributed by atoms with E-state index in [0.717, 1.165) is 11.4 Å². The van der Waals surface area contributed by atoms with E-state index in [9.17, 15) is 0 Å². The zero-order valence-electron chi connectivity index (χ0n) is 13.3. The van der Waals surface area contributed by atoms with Gasteiger partial charge in [-0.15, -0.1) is 0 Å². The molecular weight excluding hydrogens is 272 g/mol. The highest BCUT2D eigenvalue weighted by Crippen LogP contribution is 2.27. The Morgan fingerprint density at radius 1 is 0.857 bits per heavy atom. The lowest BCUT2D eigenvalue weighted by molar-refractivity contribution is -0.240. The van der Waals surface area contributed by atoms with Gasteiger partial charge in [-0.25, -0.2) is 0 Å². The van der Waals surface area contributed by atoms with E-state index < -0.39 is 12.6 Å². The molecule has 2 aromatic heterocycles. The van der Waals surface area contributed by atoms with Gasteiger partial charge in [0.15, 0.2) is 0 Å². The number of nitrogens with zero attached hydrogens (tertiary/aromatic N) is 4. The molecule has 7 nitrogen and oxygen atoms in total. The van der Waals surface area contributed by atoms with Gasteiger partial charge in [-0.2, -0.15) is 10.2 Å². The molecule has 0 N–H and O–H groups in total. The molecule has 116 valence electrons. The van der Waals surface area contributed by atoms with Crippen LogP contribution in [0.15, 0.2) is 12.1 Å². The molecule has 2 atom stereocenters. The Morgan fingerprint density at radius 2 is 1.24 bits per heavy atom. The van der Waals surface area contributed by atoms with Gasteiger partial charge < -0.3 is 14.2 Å². The summed E-state index contributed by atoms with van der Waals surface area (Å²) in [5.74, 6) is 0. The van der Waals surface area contributed by atoms with Crippen LogP contribution in [0.5, 0.6) is 0 Å². The standard InChI is InChI=1S/C14H22N4O3/c1-9-7-11(15-17(9)3)13(19-5)21-14(20-6)12-8-10(2)18(4)16-12/h7-8,13-14H,1-6H3. The van der Waals surface area contributed by atoms with Crippen molar-refractivity contribution in [2.75, 3.05) is 14.2 Å². The van der Waals surface area contributed by atoms with Crippen LogP contribution in [0.2, 0.25) is 0 Å². The lowest BCUT2D eigenvalue weighted by Crippen LogP contribution is -2.15. The average Bonchev–Trinajstić information content (AvgIpc) is 2.95. The van der Waals surface area contributed by atoms with Gasteiger partial charge in [0.1, 0.15) is 11.4 Å². The van der Waals surface area contributed by atoms with Gasteiger partial charge in [-0.3, -0.25) is 9.36 Å². The molecule has 0 amide bonds. The largest absolute Gasteiger partial charge is 0.350 e. The Hall–Kier alpha value is -1.70. The van der Waals surface area contributed by atoms with E-state index in [0.29, 0.717) is 11.4 Å². The summed E-state index contributed by atoms with van der Waals surface area (Å²) >= 11 is 0. The third-order valence-electron chi connectivity index (χ3n) is 3.42. The summed E-state index contributed by atoms with van der Waals surface area (Å²) in [7, 11) is 6.90. The summed E-state index contributed by atoms with van der Waals surface area (Å²) in [4.78, 5) is 0. The molecule has 2 unspecified atom stereocenters. The normalized spacial score (nSPS) is 14.4. The van der Waals surface area contributed by atoms with Crippen LogP contribution in [-0.2, 0) is 28.3 Å². The lowest BCUT2D eigenvalue weighted by Gasteiger charge is -2.20. The zero-order chi connectivity index (χ0) is 15.6. The average molecular weight is 294 g/mol. The van der Waals surface area contributed by atoms with Gasteiger partial charge in [0.2, 0.25) is 12.6 Å². The maximum atomic E-state index is 5.86. The van der Waals surface area contributed by atoms with Crippen molar-refractivity contribution >= 4 is 0 Å². The van der Waals surface area contributed by atoms with Crippen molar-refractivity contribution in [1.29, 1.82) is 0 Å². The molecule has 7 heteroatoms. The molecule has 2 aromatic rings. The van der Waals surface area contributed by atoms with Crippen molar-refractivity contribution in [2.45, 2.75) is 26.4 Å². The smallest absolute Gasteiger partial charge is 0.205 e. The summed E-state index contributed by atoms with van der Waals surface area (Å²) in [5, 5.41) is 8.74. The number of ether oxygens (including phenoxy) is 3. The molecule has 0 aliphatic heterocycles. The number of rotatable bonds is 6. The van der Waals surface area contributed by atoms with Gasteiger partial charge in [-0.05, 0) is 26.0 Å². The fraction of sp³-hybridized carbons (Fsp3) is 0.571. The quantitative estimate of drug-likeness (QED) is 0.760. The first kappa shape index (κ1) is 15.7. The highest BCUT2D eigenvalue weighted by atomic mass is 16.8. The van der Waals surface area contributed by atoms with Gasteiger partial charge in [0.05, 0.1) is 0 Å². The minimum Gasteiger partial charge on any atom is -0.350 e. The molecule has 2 heterocycles. The van der Waals surface area contributed by atoms with Crippen molar-refractivity contribution in [3.63, 3.8) is 0 Å². The highest BCUT2D eigenvalue weighted by Gasteiger charge is 2.24. The summed E-state index contributed by atoms with van der Waals surface area (Å²) in [5.41, 5.74) is 3.45. The van der Waals surface area contributed by atoms with E-state index in [2.05, 4.69) is 10.2 Å². The molecule has 0 saturated carbocycles. The highest BCUT2D eigenvalue weighted by molar-refractivity contribution is 5.12. The molecule has 0 fully saturated rings. The minimum absolute atomic E-state index is 0.614. The predicted molar refractivity (Wildman–Crippen MR) is 76.5 cm³/mol. The van der Waals surface area contributed by atoms with Crippen LogP contribution in [0.1, 0.15) is 35.4 Å². The van der Waals surface area contributed by atoms with Crippen molar-refractivity contribution in [1.82, 2.24) is 19.6 Å². The molecular formula is C14H22N4O3. The first-order valence-electron chi connectivity index (χ1n) is 6.68. The molecule has 21 heavy (non-hydrogen) atoms. The Bertz CT molecular complexity index is 514. The summed E-state index contributed by atoms with van der Waals surface area (Å²) in [6.07, 6.45) is -1.23. The Balaban J connectivity index is 2.19. The topological polar surface area (TPSA) is 63.3 Å². The van der Waals surface area contributed by atoms with Crippen molar-refractivity contribution < 1.29 is 14.2 Å². The molecule has 0 spiro atoms. The maximum absolute atomic E-state index is 5.86. The van der Waals surface area contributed by atoms with Crippen molar-refractivity contribution in [3.05, 3.63) is 34.9 Å². The monoisotopic (exact) mass is 294 g/mol. The second-order valence-electron chi connectivity index (χ2n) is 4.94. The number of methoxy groups -OCH3 is 2. The Morgan fingerprint density at radius 3 is 1.48 bits per heavy atom. The van der Waals surface area contributed by atoms with E-state index in [1.165, 1.54) is 0 Å². The molecule has 0 aliphatic rings. The second kappa shape index (κ2) is 6.38. The van der Waals surface area contributed by atoms with Crippen molar-refractivity contribution in [2.24, 2.45) is 14.1 Å². The predicted octanol–water partition coefficient (Wildman–Crippen LogP) is 1.78. The molecule has 0 bridgehead atoms. The third-order valence-corrected chi connectivity index (χ3v) is 3.42. The number of hydrogen-bond donors (Lipinski definition) is 0. The maximum Gasteiger partial charge on any atom is 0.205 e. The van der Waals surface area contributed by atoms with Crippen LogP contribution in [0, 0.1) is 13.8 Å². The first-order valence-corrected chi connectivity index (χ1v) is 6.68. The minimum atomic E-state index is -0.614. The molecule has 0 saturated heterocycles. The summed E-state index contributed by atoms with van der Waals surface area (Å²) in [6.45, 7) is 3.94. The fourth-order valence-corrected chi connectivity index (χ4v) is 2.01. The van der Waals surface area contributed by atoms with Crippen molar-refractivity contribution in [3.8, 4) is 0 Å². The lowest BCUT2D eigenvalue weighted by atomic mass is 10.3. The van der Waals surface area contributed by atoms with E-state index in [1.54, 1.807) is 23.6 Å². The Labute approximate surface area is 124 Å². The molecule has 0 aliphatic carbocycles. The Kier molecular flexibility index (Phi) is 4.76. The number of aromatic nitrogens is 4. The van der Waals surface area contributed by atoms with E-state index >= 15 is 0 Å². The molecule has 0 radical (unpaired) electrons. The van der Waals surface area contributed by atoms with Gasteiger partial charge >= 0.3 is 0 Å². The van der Waals surface area contributed by atoms with Gasteiger partial charge in [0.25, 0.3) is 0 Å². The zero-order valence-corrected chi connectivity index (χ0v) is 13.3. The van der Waals surface area contributed by atoms with Crippen LogP contribution >= 0.6 is 0 Å². The van der Waals surface area contributed by atoms with Gasteiger partial charge in [-0.1, -0.05) is 0 Å². The van der Waals surface area contributed by atoms with Crippen LogP contribution in [0.25, 0.3) is 0 Å². The van der Waals surface area contributed by atoms with Crippen LogP contribution in [0.3, 0.4) is 0 Å². The van der Waals surface area contributed by atoms with E-state index in [-0.39, 0.29) is 0 Å². The van der Waals surface area contributed by atoms with E-state index in [1.807, 2.05) is 40.1 Å². The molecule has 2 rings (SSSR count). The first-order chi connectivity index (χ1) is 9.96. The van der Waals surface area contributed by atoms with Gasteiger partial charge in [0, 0.05) is 39.7 Å². The fourth-order valence-electron chi connectivity index (χ4n) is 2.01. The number of hydrogen-bond acceptors (Lipinski definition) is 5. The third kappa shape index (κ3) is 3.31. The molecule has 0 aromatic carbocycles. The summed E-state index contributed by atoms with van der Waals surface area (Å²) in [6, 6.07) is 3.84. The SMILES string of the molecule is COC(OC(OC)c1cc(C)n(C)n1)c1cc(C)n(C)n1.